The highest BCUT2D eigenvalue weighted by atomic mass is 16.2. The Hall–Kier alpha value is -3.08. The Balaban J connectivity index is 1.91. The highest BCUT2D eigenvalue weighted by Crippen LogP contribution is 2.38. The normalized spacial score (nSPS) is 16.4. The molecule has 0 spiro atoms. The maximum Gasteiger partial charge on any atom is 0.262 e. The van der Waals surface area contributed by atoms with Crippen molar-refractivity contribution in [1.29, 1.82) is 0 Å². The number of rotatable bonds is 2. The molecule has 132 valence electrons. The van der Waals surface area contributed by atoms with Crippen molar-refractivity contribution < 1.29 is 4.79 Å². The SMILES string of the molecule is Cc1ccc(N2C(=O)c3ccccc3N[C@@H]2c2c(C)nn(C)c2C)cc1. The summed E-state index contributed by atoms with van der Waals surface area (Å²) in [5.74, 6) is -0.00384. The number of fused-ring (bicyclic) bond motifs is 1. The number of nitrogens with one attached hydrogen (secondary N) is 1. The van der Waals surface area contributed by atoms with Gasteiger partial charge in [-0.15, -0.1) is 0 Å². The van der Waals surface area contributed by atoms with Crippen LogP contribution in [0.15, 0.2) is 48.5 Å². The van der Waals surface area contributed by atoms with Crippen LogP contribution in [0.5, 0.6) is 0 Å². The summed E-state index contributed by atoms with van der Waals surface area (Å²) in [6, 6.07) is 15.7. The van der Waals surface area contributed by atoms with Crippen LogP contribution in [-0.4, -0.2) is 15.7 Å². The second-order valence-corrected chi connectivity index (χ2v) is 6.81. The number of benzene rings is 2. The molecule has 1 aliphatic rings. The van der Waals surface area contributed by atoms with Crippen LogP contribution in [-0.2, 0) is 7.05 Å². The third kappa shape index (κ3) is 2.47. The number of carbonyl (C=O) groups is 1. The lowest BCUT2D eigenvalue weighted by Gasteiger charge is -2.38. The zero-order valence-corrected chi connectivity index (χ0v) is 15.4. The van der Waals surface area contributed by atoms with Crippen molar-refractivity contribution >= 4 is 17.3 Å². The van der Waals surface area contributed by atoms with Crippen molar-refractivity contribution in [2.75, 3.05) is 10.2 Å². The number of carbonyl (C=O) groups excluding carboxylic acids is 1. The van der Waals surface area contributed by atoms with Crippen molar-refractivity contribution in [1.82, 2.24) is 9.78 Å². The topological polar surface area (TPSA) is 50.2 Å². The van der Waals surface area contributed by atoms with Crippen LogP contribution in [0, 0.1) is 20.8 Å². The van der Waals surface area contributed by atoms with E-state index in [-0.39, 0.29) is 12.1 Å². The summed E-state index contributed by atoms with van der Waals surface area (Å²) >= 11 is 0. The molecule has 1 amide bonds. The molecule has 2 heterocycles. The van der Waals surface area contributed by atoms with Gasteiger partial charge in [-0.1, -0.05) is 29.8 Å². The van der Waals surface area contributed by atoms with Gasteiger partial charge in [0.05, 0.1) is 11.3 Å². The minimum Gasteiger partial charge on any atom is -0.360 e. The fraction of sp³-hybridized carbons (Fsp3) is 0.238. The predicted molar refractivity (Wildman–Crippen MR) is 103 cm³/mol. The molecule has 0 saturated heterocycles. The summed E-state index contributed by atoms with van der Waals surface area (Å²) < 4.78 is 1.87. The number of hydrogen-bond acceptors (Lipinski definition) is 3. The van der Waals surface area contributed by atoms with Crippen LogP contribution in [0.2, 0.25) is 0 Å². The molecule has 0 saturated carbocycles. The van der Waals surface area contributed by atoms with E-state index in [4.69, 9.17) is 0 Å². The van der Waals surface area contributed by atoms with Gasteiger partial charge in [-0.05, 0) is 45.0 Å². The molecule has 0 aliphatic carbocycles. The Kier molecular flexibility index (Phi) is 3.80. The van der Waals surface area contributed by atoms with E-state index in [9.17, 15) is 4.79 Å². The van der Waals surface area contributed by atoms with Crippen molar-refractivity contribution in [3.8, 4) is 0 Å². The number of anilines is 2. The first kappa shape index (κ1) is 16.4. The van der Waals surface area contributed by atoms with Gasteiger partial charge in [-0.25, -0.2) is 0 Å². The van der Waals surface area contributed by atoms with Crippen LogP contribution in [0.3, 0.4) is 0 Å². The van der Waals surface area contributed by atoms with Crippen LogP contribution in [0.4, 0.5) is 11.4 Å². The Bertz CT molecular complexity index is 988. The van der Waals surface area contributed by atoms with Gasteiger partial charge in [-0.3, -0.25) is 14.4 Å². The number of amides is 1. The van der Waals surface area contributed by atoms with E-state index >= 15 is 0 Å². The van der Waals surface area contributed by atoms with E-state index in [1.165, 1.54) is 0 Å². The molecular weight excluding hydrogens is 324 g/mol. The molecule has 5 nitrogen and oxygen atoms in total. The van der Waals surface area contributed by atoms with Gasteiger partial charge in [0, 0.05) is 29.7 Å². The molecular formula is C21H22N4O. The summed E-state index contributed by atoms with van der Waals surface area (Å²) in [6.45, 7) is 6.07. The Morgan fingerprint density at radius 3 is 2.35 bits per heavy atom. The zero-order chi connectivity index (χ0) is 18.4. The van der Waals surface area contributed by atoms with Gasteiger partial charge in [0.25, 0.3) is 5.91 Å². The van der Waals surface area contributed by atoms with Crippen molar-refractivity contribution in [3.63, 3.8) is 0 Å². The van der Waals surface area contributed by atoms with E-state index < -0.39 is 0 Å². The Labute approximate surface area is 153 Å². The van der Waals surface area contributed by atoms with Gasteiger partial charge in [0.1, 0.15) is 6.17 Å². The van der Waals surface area contributed by atoms with Gasteiger partial charge in [-0.2, -0.15) is 5.10 Å². The summed E-state index contributed by atoms with van der Waals surface area (Å²) in [6.07, 6.45) is -0.297. The van der Waals surface area contributed by atoms with E-state index in [1.807, 2.05) is 85.9 Å². The molecule has 1 N–H and O–H groups in total. The second kappa shape index (κ2) is 6.02. The molecule has 4 rings (SSSR count). The average Bonchev–Trinajstić information content (AvgIpc) is 2.88. The molecule has 5 heteroatoms. The number of nitrogens with zero attached hydrogens (tertiary/aromatic N) is 3. The number of hydrogen-bond donors (Lipinski definition) is 1. The summed E-state index contributed by atoms with van der Waals surface area (Å²) in [5.41, 5.74) is 6.58. The summed E-state index contributed by atoms with van der Waals surface area (Å²) in [5, 5.41) is 8.10. The standard InChI is InChI=1S/C21H22N4O/c1-13-9-11-16(12-10-13)25-20(19-14(2)23-24(4)15(19)3)22-18-8-6-5-7-17(18)21(25)26/h5-12,20,22H,1-4H3/t20-/m0/s1. The largest absolute Gasteiger partial charge is 0.360 e. The maximum atomic E-state index is 13.4. The molecule has 0 fully saturated rings. The molecule has 2 aromatic carbocycles. The van der Waals surface area contributed by atoms with Crippen molar-refractivity contribution in [3.05, 3.63) is 76.6 Å². The molecule has 0 radical (unpaired) electrons. The number of aryl methyl sites for hydroxylation is 3. The molecule has 1 aliphatic heterocycles. The monoisotopic (exact) mass is 346 g/mol. The molecule has 3 aromatic rings. The van der Waals surface area contributed by atoms with Crippen molar-refractivity contribution in [2.24, 2.45) is 7.05 Å². The highest BCUT2D eigenvalue weighted by Gasteiger charge is 2.36. The third-order valence-electron chi connectivity index (χ3n) is 5.08. The minimum absolute atomic E-state index is 0.00384. The Morgan fingerprint density at radius 2 is 1.69 bits per heavy atom. The third-order valence-corrected chi connectivity index (χ3v) is 5.08. The lowest BCUT2D eigenvalue weighted by molar-refractivity contribution is 0.0975. The molecule has 0 unspecified atom stereocenters. The molecule has 1 aromatic heterocycles. The highest BCUT2D eigenvalue weighted by molar-refractivity contribution is 6.12. The smallest absolute Gasteiger partial charge is 0.262 e. The summed E-state index contributed by atoms with van der Waals surface area (Å²) in [4.78, 5) is 15.2. The average molecular weight is 346 g/mol. The fourth-order valence-corrected chi connectivity index (χ4v) is 3.61. The van der Waals surface area contributed by atoms with E-state index in [0.29, 0.717) is 5.56 Å². The first-order chi connectivity index (χ1) is 12.5. The maximum absolute atomic E-state index is 13.4. The van der Waals surface area contributed by atoms with Gasteiger partial charge >= 0.3 is 0 Å². The molecule has 1 atom stereocenters. The minimum atomic E-state index is -0.297. The first-order valence-corrected chi connectivity index (χ1v) is 8.73. The van der Waals surface area contributed by atoms with E-state index in [2.05, 4.69) is 10.4 Å². The Morgan fingerprint density at radius 1 is 1.00 bits per heavy atom. The lowest BCUT2D eigenvalue weighted by Crippen LogP contribution is -2.43. The lowest BCUT2D eigenvalue weighted by atomic mass is 10.0. The second-order valence-electron chi connectivity index (χ2n) is 6.81. The van der Waals surface area contributed by atoms with E-state index in [0.717, 1.165) is 33.9 Å². The molecule has 0 bridgehead atoms. The summed E-state index contributed by atoms with van der Waals surface area (Å²) in [7, 11) is 1.93. The van der Waals surface area contributed by atoms with Gasteiger partial charge in [0.2, 0.25) is 0 Å². The van der Waals surface area contributed by atoms with Crippen LogP contribution >= 0.6 is 0 Å². The van der Waals surface area contributed by atoms with Gasteiger partial charge in [0.15, 0.2) is 0 Å². The predicted octanol–water partition coefficient (Wildman–Crippen LogP) is 4.12. The first-order valence-electron chi connectivity index (χ1n) is 8.73. The zero-order valence-electron chi connectivity index (χ0n) is 15.4. The van der Waals surface area contributed by atoms with Crippen LogP contribution in [0.1, 0.15) is 39.0 Å². The number of para-hydroxylation sites is 1. The van der Waals surface area contributed by atoms with E-state index in [1.54, 1.807) is 0 Å². The van der Waals surface area contributed by atoms with Crippen LogP contribution < -0.4 is 10.2 Å². The molecule has 26 heavy (non-hydrogen) atoms. The number of aromatic nitrogens is 2. The quantitative estimate of drug-likeness (QED) is 0.759. The fourth-order valence-electron chi connectivity index (χ4n) is 3.61. The van der Waals surface area contributed by atoms with Gasteiger partial charge < -0.3 is 5.32 Å². The van der Waals surface area contributed by atoms with Crippen LogP contribution in [0.25, 0.3) is 0 Å². The van der Waals surface area contributed by atoms with Crippen molar-refractivity contribution in [2.45, 2.75) is 26.9 Å².